The molecule has 0 saturated carbocycles. The SMILES string of the molecule is Cn1c(SCC(=O)NCc2ccc3c(c2)OCO3)nnc1-c1ccccc1Cl. The van der Waals surface area contributed by atoms with E-state index in [0.29, 0.717) is 28.3 Å². The number of halogens is 1. The first-order valence-corrected chi connectivity index (χ1v) is 9.90. The molecule has 7 nitrogen and oxygen atoms in total. The van der Waals surface area contributed by atoms with Gasteiger partial charge in [-0.1, -0.05) is 41.6 Å². The third-order valence-electron chi connectivity index (χ3n) is 4.21. The number of nitrogens with one attached hydrogen (secondary N) is 1. The van der Waals surface area contributed by atoms with Gasteiger partial charge in [0, 0.05) is 19.2 Å². The van der Waals surface area contributed by atoms with Crippen molar-refractivity contribution in [2.45, 2.75) is 11.7 Å². The highest BCUT2D eigenvalue weighted by molar-refractivity contribution is 7.99. The maximum Gasteiger partial charge on any atom is 0.231 e. The van der Waals surface area contributed by atoms with E-state index in [2.05, 4.69) is 15.5 Å². The molecule has 1 aromatic heterocycles. The lowest BCUT2D eigenvalue weighted by molar-refractivity contribution is -0.118. The number of fused-ring (bicyclic) bond motifs is 1. The summed E-state index contributed by atoms with van der Waals surface area (Å²) in [5.41, 5.74) is 1.75. The Hall–Kier alpha value is -2.71. The summed E-state index contributed by atoms with van der Waals surface area (Å²) < 4.78 is 12.5. The van der Waals surface area contributed by atoms with E-state index in [0.717, 1.165) is 16.9 Å². The molecule has 0 aliphatic carbocycles. The van der Waals surface area contributed by atoms with Crippen LogP contribution < -0.4 is 14.8 Å². The molecule has 1 N–H and O–H groups in total. The third kappa shape index (κ3) is 3.93. The number of carbonyl (C=O) groups is 1. The molecule has 0 radical (unpaired) electrons. The number of ether oxygens (including phenoxy) is 2. The Morgan fingerprint density at radius 2 is 2.04 bits per heavy atom. The van der Waals surface area contributed by atoms with Gasteiger partial charge in [-0.2, -0.15) is 0 Å². The van der Waals surface area contributed by atoms with Gasteiger partial charge in [0.1, 0.15) is 0 Å². The van der Waals surface area contributed by atoms with Crippen molar-refractivity contribution in [3.63, 3.8) is 0 Å². The van der Waals surface area contributed by atoms with Gasteiger partial charge in [-0.15, -0.1) is 10.2 Å². The number of amides is 1. The first-order valence-electron chi connectivity index (χ1n) is 8.54. The normalized spacial score (nSPS) is 12.2. The van der Waals surface area contributed by atoms with Crippen molar-refractivity contribution in [3.8, 4) is 22.9 Å². The molecule has 0 bridgehead atoms. The number of hydrogen-bond donors (Lipinski definition) is 1. The second-order valence-corrected chi connectivity index (χ2v) is 7.45. The summed E-state index contributed by atoms with van der Waals surface area (Å²) in [6.45, 7) is 0.648. The second-order valence-electron chi connectivity index (χ2n) is 6.10. The minimum Gasteiger partial charge on any atom is -0.454 e. The molecule has 1 amide bonds. The number of thioether (sulfide) groups is 1. The number of hydrogen-bond acceptors (Lipinski definition) is 6. The minimum atomic E-state index is -0.0926. The quantitative estimate of drug-likeness (QED) is 0.621. The summed E-state index contributed by atoms with van der Waals surface area (Å²) in [6.07, 6.45) is 0. The van der Waals surface area contributed by atoms with Crippen molar-refractivity contribution in [1.29, 1.82) is 0 Å². The number of aromatic nitrogens is 3. The van der Waals surface area contributed by atoms with Crippen molar-refractivity contribution < 1.29 is 14.3 Å². The molecule has 9 heteroatoms. The molecular formula is C19H17ClN4O3S. The summed E-state index contributed by atoms with van der Waals surface area (Å²) in [4.78, 5) is 12.2. The van der Waals surface area contributed by atoms with Gasteiger partial charge in [-0.05, 0) is 29.8 Å². The van der Waals surface area contributed by atoms with Crippen LogP contribution in [-0.4, -0.2) is 33.2 Å². The highest BCUT2D eigenvalue weighted by Crippen LogP contribution is 2.32. The Bertz CT molecular complexity index is 1020. The topological polar surface area (TPSA) is 78.3 Å². The van der Waals surface area contributed by atoms with Crippen molar-refractivity contribution in [3.05, 3.63) is 53.1 Å². The van der Waals surface area contributed by atoms with E-state index in [1.807, 2.05) is 54.1 Å². The molecule has 2 aromatic carbocycles. The van der Waals surface area contributed by atoms with Gasteiger partial charge < -0.3 is 19.4 Å². The Morgan fingerprint density at radius 3 is 2.89 bits per heavy atom. The zero-order valence-corrected chi connectivity index (χ0v) is 16.6. The molecular weight excluding hydrogens is 400 g/mol. The number of rotatable bonds is 6. The number of carbonyl (C=O) groups excluding carboxylic acids is 1. The lowest BCUT2D eigenvalue weighted by atomic mass is 10.2. The fourth-order valence-corrected chi connectivity index (χ4v) is 3.71. The molecule has 4 rings (SSSR count). The molecule has 1 aliphatic heterocycles. The monoisotopic (exact) mass is 416 g/mol. The predicted molar refractivity (Wildman–Crippen MR) is 107 cm³/mol. The van der Waals surface area contributed by atoms with Crippen LogP contribution in [0.1, 0.15) is 5.56 Å². The molecule has 28 heavy (non-hydrogen) atoms. The second kappa shape index (κ2) is 8.12. The van der Waals surface area contributed by atoms with Gasteiger partial charge in [0.05, 0.1) is 10.8 Å². The smallest absolute Gasteiger partial charge is 0.231 e. The highest BCUT2D eigenvalue weighted by Gasteiger charge is 2.16. The van der Waals surface area contributed by atoms with E-state index in [1.54, 1.807) is 0 Å². The Morgan fingerprint density at radius 1 is 1.21 bits per heavy atom. The minimum absolute atomic E-state index is 0.0926. The summed E-state index contributed by atoms with van der Waals surface area (Å²) in [5.74, 6) is 2.23. The van der Waals surface area contributed by atoms with E-state index in [-0.39, 0.29) is 18.5 Å². The van der Waals surface area contributed by atoms with Crippen LogP contribution in [0.3, 0.4) is 0 Å². The Labute approximate surface area is 171 Å². The molecule has 3 aromatic rings. The van der Waals surface area contributed by atoms with Crippen LogP contribution in [0.25, 0.3) is 11.4 Å². The first kappa shape index (κ1) is 18.6. The van der Waals surface area contributed by atoms with Crippen molar-refractivity contribution in [2.75, 3.05) is 12.5 Å². The van der Waals surface area contributed by atoms with Crippen LogP contribution in [0, 0.1) is 0 Å². The largest absolute Gasteiger partial charge is 0.454 e. The first-order chi connectivity index (χ1) is 13.6. The highest BCUT2D eigenvalue weighted by atomic mass is 35.5. The van der Waals surface area contributed by atoms with E-state index in [4.69, 9.17) is 21.1 Å². The number of nitrogens with zero attached hydrogens (tertiary/aromatic N) is 3. The molecule has 0 saturated heterocycles. The van der Waals surface area contributed by atoms with Crippen LogP contribution in [0.4, 0.5) is 0 Å². The fourth-order valence-electron chi connectivity index (χ4n) is 2.75. The van der Waals surface area contributed by atoms with E-state index in [9.17, 15) is 4.79 Å². The molecule has 144 valence electrons. The summed E-state index contributed by atoms with van der Waals surface area (Å²) in [6, 6.07) is 13.1. The van der Waals surface area contributed by atoms with Gasteiger partial charge in [-0.3, -0.25) is 4.79 Å². The van der Waals surface area contributed by atoms with Crippen LogP contribution in [-0.2, 0) is 18.4 Å². The molecule has 0 spiro atoms. The van der Waals surface area contributed by atoms with Crippen LogP contribution in [0.15, 0.2) is 47.6 Å². The third-order valence-corrected chi connectivity index (χ3v) is 5.56. The van der Waals surface area contributed by atoms with E-state index < -0.39 is 0 Å². The van der Waals surface area contributed by atoms with Crippen LogP contribution in [0.5, 0.6) is 11.5 Å². The standard InChI is InChI=1S/C19H17ClN4O3S/c1-24-18(13-4-2-3-5-14(13)20)22-23-19(24)28-10-17(25)21-9-12-6-7-15-16(8-12)27-11-26-15/h2-8H,9-11H2,1H3,(H,21,25). The van der Waals surface area contributed by atoms with Gasteiger partial charge >= 0.3 is 0 Å². The molecule has 1 aliphatic rings. The van der Waals surface area contributed by atoms with E-state index >= 15 is 0 Å². The number of benzene rings is 2. The molecule has 0 fully saturated rings. The maximum absolute atomic E-state index is 12.2. The summed E-state index contributed by atoms with van der Waals surface area (Å²) >= 11 is 7.55. The lowest BCUT2D eigenvalue weighted by Crippen LogP contribution is -2.24. The molecule has 2 heterocycles. The molecule has 0 unspecified atom stereocenters. The van der Waals surface area contributed by atoms with Gasteiger partial charge in [0.25, 0.3) is 0 Å². The van der Waals surface area contributed by atoms with Crippen LogP contribution >= 0.6 is 23.4 Å². The Kier molecular flexibility index (Phi) is 5.40. The fraction of sp³-hybridized carbons (Fsp3) is 0.211. The zero-order valence-electron chi connectivity index (χ0n) is 15.0. The van der Waals surface area contributed by atoms with Gasteiger partial charge in [0.2, 0.25) is 12.7 Å². The predicted octanol–water partition coefficient (Wildman–Crippen LogP) is 3.27. The zero-order chi connectivity index (χ0) is 19.5. The van der Waals surface area contributed by atoms with Crippen molar-refractivity contribution in [1.82, 2.24) is 20.1 Å². The average molecular weight is 417 g/mol. The summed E-state index contributed by atoms with van der Waals surface area (Å²) in [5, 5.41) is 12.5. The van der Waals surface area contributed by atoms with Gasteiger partial charge in [-0.25, -0.2) is 0 Å². The summed E-state index contributed by atoms with van der Waals surface area (Å²) in [7, 11) is 1.85. The lowest BCUT2D eigenvalue weighted by Gasteiger charge is -2.07. The Balaban J connectivity index is 1.33. The average Bonchev–Trinajstić information content (AvgIpc) is 3.31. The molecule has 0 atom stereocenters. The maximum atomic E-state index is 12.2. The van der Waals surface area contributed by atoms with Crippen molar-refractivity contribution in [2.24, 2.45) is 7.05 Å². The van der Waals surface area contributed by atoms with Gasteiger partial charge in [0.15, 0.2) is 22.5 Å². The van der Waals surface area contributed by atoms with E-state index in [1.165, 1.54) is 11.8 Å². The van der Waals surface area contributed by atoms with Crippen LogP contribution in [0.2, 0.25) is 5.02 Å². The van der Waals surface area contributed by atoms with Crippen molar-refractivity contribution >= 4 is 29.3 Å².